The van der Waals surface area contributed by atoms with Gasteiger partial charge in [-0.1, -0.05) is 17.4 Å². The Balaban J connectivity index is 2.47. The summed E-state index contributed by atoms with van der Waals surface area (Å²) in [6, 6.07) is 1.68. The van der Waals surface area contributed by atoms with Crippen LogP contribution in [0.1, 0.15) is 26.3 Å². The fourth-order valence-electron chi connectivity index (χ4n) is 1.90. The Morgan fingerprint density at radius 3 is 2.42 bits per heavy atom. The Morgan fingerprint density at radius 2 is 1.92 bits per heavy atom. The van der Waals surface area contributed by atoms with E-state index in [9.17, 15) is 28.0 Å². The first-order chi connectivity index (χ1) is 10.9. The summed E-state index contributed by atoms with van der Waals surface area (Å²) in [5, 5.41) is 20.7. The van der Waals surface area contributed by atoms with Crippen molar-refractivity contribution in [2.24, 2.45) is 0 Å². The molecule has 2 aromatic rings. The summed E-state index contributed by atoms with van der Waals surface area (Å²) in [7, 11) is -1.99. The Hall–Kier alpha value is -1.85. The van der Waals surface area contributed by atoms with Crippen LogP contribution in [0.5, 0.6) is 0 Å². The maximum Gasteiger partial charge on any atom is 0.490 e. The molecule has 0 fully saturated rings. The van der Waals surface area contributed by atoms with Crippen LogP contribution in [0.2, 0.25) is 0 Å². The summed E-state index contributed by atoms with van der Waals surface area (Å²) < 4.78 is 44.0. The molecule has 0 spiro atoms. The molecule has 0 saturated heterocycles. The van der Waals surface area contributed by atoms with Gasteiger partial charge in [-0.3, -0.25) is 5.32 Å². The highest BCUT2D eigenvalue weighted by molar-refractivity contribution is 7.22. The number of rotatable bonds is 2. The number of aromatic nitrogens is 1. The van der Waals surface area contributed by atoms with Gasteiger partial charge in [-0.25, -0.2) is 9.78 Å². The normalized spacial score (nSPS) is 12.3. The summed E-state index contributed by atoms with van der Waals surface area (Å²) in [5.74, 6) is 0. The van der Waals surface area contributed by atoms with Gasteiger partial charge in [-0.05, 0) is 26.8 Å². The molecule has 1 aromatic carbocycles. The van der Waals surface area contributed by atoms with Crippen LogP contribution in [-0.4, -0.2) is 33.8 Å². The minimum atomic E-state index is -4.65. The number of halogens is 3. The van der Waals surface area contributed by atoms with Gasteiger partial charge in [0.25, 0.3) is 0 Å². The van der Waals surface area contributed by atoms with Crippen LogP contribution in [0.15, 0.2) is 12.1 Å². The average molecular weight is 362 g/mol. The summed E-state index contributed by atoms with van der Waals surface area (Å²) in [6.45, 7) is 4.90. The number of thiazole rings is 1. The summed E-state index contributed by atoms with van der Waals surface area (Å²) in [5.41, 5.74) is -2.19. The van der Waals surface area contributed by atoms with Gasteiger partial charge in [0.05, 0.1) is 15.8 Å². The molecule has 0 saturated carbocycles. The number of amides is 1. The van der Waals surface area contributed by atoms with Crippen molar-refractivity contribution in [1.29, 1.82) is 0 Å². The predicted octanol–water partition coefficient (Wildman–Crippen LogP) is 2.34. The van der Waals surface area contributed by atoms with Gasteiger partial charge in [-0.15, -0.1) is 0 Å². The van der Waals surface area contributed by atoms with Crippen LogP contribution in [0.3, 0.4) is 0 Å². The average Bonchev–Trinajstić information content (AvgIpc) is 2.75. The third-order valence-corrected chi connectivity index (χ3v) is 3.77. The summed E-state index contributed by atoms with van der Waals surface area (Å²) in [6.07, 6.45) is -5.52. The second kappa shape index (κ2) is 6.23. The monoisotopic (exact) mass is 362 g/mol. The van der Waals surface area contributed by atoms with Gasteiger partial charge in [0, 0.05) is 5.46 Å². The van der Waals surface area contributed by atoms with Crippen LogP contribution in [-0.2, 0) is 10.9 Å². The highest BCUT2D eigenvalue weighted by Crippen LogP contribution is 2.38. The smallest absolute Gasteiger partial charge is 0.444 e. The van der Waals surface area contributed by atoms with Crippen molar-refractivity contribution in [2.75, 3.05) is 5.32 Å². The van der Waals surface area contributed by atoms with Gasteiger partial charge in [0.2, 0.25) is 0 Å². The topological polar surface area (TPSA) is 91.7 Å². The van der Waals surface area contributed by atoms with E-state index in [1.807, 2.05) is 0 Å². The molecule has 6 nitrogen and oxygen atoms in total. The van der Waals surface area contributed by atoms with Gasteiger partial charge < -0.3 is 14.8 Å². The number of hydrogen-bond acceptors (Lipinski definition) is 6. The second-order valence-electron chi connectivity index (χ2n) is 5.90. The third-order valence-electron chi connectivity index (χ3n) is 2.77. The summed E-state index contributed by atoms with van der Waals surface area (Å²) >= 11 is 0.571. The van der Waals surface area contributed by atoms with E-state index in [-0.39, 0.29) is 20.8 Å². The molecule has 0 atom stereocenters. The van der Waals surface area contributed by atoms with Crippen LogP contribution in [0.4, 0.5) is 23.1 Å². The fraction of sp³-hybridized carbons (Fsp3) is 0.385. The number of nitrogens with zero attached hydrogens (tertiary/aromatic N) is 1. The number of alkyl halides is 3. The summed E-state index contributed by atoms with van der Waals surface area (Å²) in [4.78, 5) is 15.6. The number of nitrogens with one attached hydrogen (secondary N) is 1. The number of ether oxygens (including phenoxy) is 1. The minimum Gasteiger partial charge on any atom is -0.444 e. The highest BCUT2D eigenvalue weighted by atomic mass is 32.1. The molecule has 24 heavy (non-hydrogen) atoms. The van der Waals surface area contributed by atoms with Crippen molar-refractivity contribution < 1.29 is 32.8 Å². The Kier molecular flexibility index (Phi) is 4.80. The quantitative estimate of drug-likeness (QED) is 0.714. The third kappa shape index (κ3) is 4.16. The van der Waals surface area contributed by atoms with Gasteiger partial charge in [0.1, 0.15) is 5.60 Å². The van der Waals surface area contributed by atoms with E-state index in [0.29, 0.717) is 11.3 Å². The molecule has 1 heterocycles. The minimum absolute atomic E-state index is 0.141. The lowest BCUT2D eigenvalue weighted by atomic mass is 9.79. The van der Waals surface area contributed by atoms with Crippen molar-refractivity contribution in [3.05, 3.63) is 17.7 Å². The van der Waals surface area contributed by atoms with E-state index >= 15 is 0 Å². The van der Waals surface area contributed by atoms with Crippen molar-refractivity contribution in [2.45, 2.75) is 32.5 Å². The number of benzene rings is 1. The lowest BCUT2D eigenvalue weighted by Crippen LogP contribution is -2.31. The molecule has 2 rings (SSSR count). The molecule has 1 amide bonds. The zero-order chi connectivity index (χ0) is 18.3. The van der Waals surface area contributed by atoms with Crippen LogP contribution < -0.4 is 10.8 Å². The zero-order valence-electron chi connectivity index (χ0n) is 12.9. The lowest BCUT2D eigenvalue weighted by Gasteiger charge is -2.18. The highest BCUT2D eigenvalue weighted by Gasteiger charge is 2.35. The molecular weight excluding hydrogens is 348 g/mol. The number of anilines is 1. The predicted molar refractivity (Wildman–Crippen MR) is 84.3 cm³/mol. The van der Waals surface area contributed by atoms with Crippen molar-refractivity contribution in [3.63, 3.8) is 0 Å². The maximum absolute atomic E-state index is 13.1. The number of fused-ring (bicyclic) bond motifs is 1. The lowest BCUT2D eigenvalue weighted by molar-refractivity contribution is -0.136. The van der Waals surface area contributed by atoms with Crippen molar-refractivity contribution >= 4 is 45.4 Å². The van der Waals surface area contributed by atoms with E-state index < -0.39 is 30.6 Å². The molecular formula is C13H14BF3N2O4S. The Bertz CT molecular complexity index is 771. The Labute approximate surface area is 139 Å². The largest absolute Gasteiger partial charge is 0.490 e. The molecule has 130 valence electrons. The molecule has 0 aliphatic carbocycles. The first-order valence-corrected chi connectivity index (χ1v) is 7.57. The first-order valence-electron chi connectivity index (χ1n) is 6.75. The van der Waals surface area contributed by atoms with E-state index in [1.165, 1.54) is 0 Å². The SMILES string of the molecule is CC(C)(C)OC(=O)Nc1nc2c(B(O)O)ccc(C(F)(F)F)c2s1. The number of carbonyl (C=O) groups is 1. The van der Waals surface area contributed by atoms with E-state index in [2.05, 4.69) is 10.3 Å². The number of carbonyl (C=O) groups excluding carboxylic acids is 1. The molecule has 0 bridgehead atoms. The van der Waals surface area contributed by atoms with Crippen molar-refractivity contribution in [3.8, 4) is 0 Å². The molecule has 11 heteroatoms. The fourth-order valence-corrected chi connectivity index (χ4v) is 2.92. The molecule has 0 aliphatic heterocycles. The van der Waals surface area contributed by atoms with Crippen LogP contribution in [0.25, 0.3) is 10.2 Å². The van der Waals surface area contributed by atoms with Crippen molar-refractivity contribution in [1.82, 2.24) is 4.98 Å². The zero-order valence-corrected chi connectivity index (χ0v) is 13.7. The standard InChI is InChI=1S/C13H14BF3N2O4S/c1-12(2,3)23-11(20)19-10-18-8-7(14(21)22)5-4-6(9(8)24-10)13(15,16)17/h4-5,21-22H,1-3H3,(H,18,19,20). The molecule has 1 aromatic heterocycles. The first kappa shape index (κ1) is 18.5. The molecule has 0 aliphatic rings. The number of hydrogen-bond donors (Lipinski definition) is 3. The van der Waals surface area contributed by atoms with Crippen LogP contribution >= 0.6 is 11.3 Å². The van der Waals surface area contributed by atoms with E-state index in [1.54, 1.807) is 20.8 Å². The molecule has 0 unspecified atom stereocenters. The second-order valence-corrected chi connectivity index (χ2v) is 6.90. The van der Waals surface area contributed by atoms with Gasteiger partial charge >= 0.3 is 19.4 Å². The molecule has 3 N–H and O–H groups in total. The Morgan fingerprint density at radius 1 is 1.29 bits per heavy atom. The maximum atomic E-state index is 13.1. The van der Waals surface area contributed by atoms with Gasteiger partial charge in [0.15, 0.2) is 5.13 Å². The van der Waals surface area contributed by atoms with Crippen LogP contribution in [0, 0.1) is 0 Å². The van der Waals surface area contributed by atoms with E-state index in [0.717, 1.165) is 12.1 Å². The van der Waals surface area contributed by atoms with E-state index in [4.69, 9.17) is 4.74 Å². The van der Waals surface area contributed by atoms with Gasteiger partial charge in [-0.2, -0.15) is 13.2 Å². The molecule has 0 radical (unpaired) electrons.